The minimum atomic E-state index is 0.796. The Morgan fingerprint density at radius 3 is 1.67 bits per heavy atom. The molecule has 0 spiro atoms. The van der Waals surface area contributed by atoms with Crippen LogP contribution in [0.15, 0.2) is 76.9 Å². The summed E-state index contributed by atoms with van der Waals surface area (Å²) in [5.41, 5.74) is 4.87. The van der Waals surface area contributed by atoms with Gasteiger partial charge in [0.1, 0.15) is 22.1 Å². The first kappa shape index (κ1) is 20.1. The molecule has 2 heterocycles. The zero-order chi connectivity index (χ0) is 20.8. The van der Waals surface area contributed by atoms with E-state index in [1.165, 1.54) is 9.58 Å². The summed E-state index contributed by atoms with van der Waals surface area (Å²) < 4.78 is 0. The topological polar surface area (TPSA) is 86.1 Å². The molecule has 0 bridgehead atoms. The fraction of sp³-hybridized carbons (Fsp3) is 0. The van der Waals surface area contributed by atoms with Crippen molar-refractivity contribution in [2.24, 2.45) is 10.2 Å². The Morgan fingerprint density at radius 2 is 1.17 bits per heavy atom. The van der Waals surface area contributed by atoms with Crippen molar-refractivity contribution in [3.63, 3.8) is 0 Å². The van der Waals surface area contributed by atoms with E-state index in [1.54, 1.807) is 31.2 Å². The van der Waals surface area contributed by atoms with Gasteiger partial charge in [0.2, 0.25) is 0 Å². The number of hydrogen-bond donors (Lipinski definition) is 0. The van der Waals surface area contributed by atoms with Crippen LogP contribution in [0.3, 0.4) is 0 Å². The third-order valence-corrected chi connectivity index (χ3v) is 4.12. The first-order chi connectivity index (χ1) is 14.9. The van der Waals surface area contributed by atoms with Crippen LogP contribution in [0.2, 0.25) is 0 Å². The van der Waals surface area contributed by atoms with Gasteiger partial charge >= 0.3 is 28.2 Å². The van der Waals surface area contributed by atoms with Crippen LogP contribution in [-0.2, 0) is 18.8 Å². The fourth-order valence-electron chi connectivity index (χ4n) is 2.77. The SMILES string of the molecule is [Cl][Pt+].[c-]1c(/C=N/n2nnc3ccccc32)cccc1/C=N/n1nnc2ccccc21. The van der Waals surface area contributed by atoms with E-state index in [0.29, 0.717) is 0 Å². The Hall–Kier alpha value is -3.22. The zero-order valence-electron chi connectivity index (χ0n) is 15.3. The summed E-state index contributed by atoms with van der Waals surface area (Å²) in [4.78, 5) is 2.98. The van der Waals surface area contributed by atoms with Crippen molar-refractivity contribution in [2.45, 2.75) is 0 Å². The molecular formula is C20H13ClN8Pt. The Morgan fingerprint density at radius 1 is 0.700 bits per heavy atom. The van der Waals surface area contributed by atoms with Gasteiger partial charge < -0.3 is 0 Å². The van der Waals surface area contributed by atoms with Gasteiger partial charge in [-0.15, -0.1) is 55.2 Å². The maximum Gasteiger partial charge on any atom is 0.115 e. The van der Waals surface area contributed by atoms with Gasteiger partial charge in [-0.25, -0.2) is 0 Å². The first-order valence-electron chi connectivity index (χ1n) is 8.71. The van der Waals surface area contributed by atoms with Crippen LogP contribution in [0.25, 0.3) is 22.1 Å². The number of rotatable bonds is 4. The first-order valence-corrected chi connectivity index (χ1v) is 11.5. The van der Waals surface area contributed by atoms with Crippen molar-refractivity contribution in [1.29, 1.82) is 0 Å². The number of hydrogen-bond acceptors (Lipinski definition) is 6. The molecule has 2 aromatic heterocycles. The molecule has 0 atom stereocenters. The predicted molar refractivity (Wildman–Crippen MR) is 112 cm³/mol. The Bertz CT molecular complexity index is 1240. The summed E-state index contributed by atoms with van der Waals surface area (Å²) in [6.45, 7) is 0. The third kappa shape index (κ3) is 4.35. The molecule has 0 amide bonds. The standard InChI is InChI=1S/C20H13N8.ClH.Pt/c1-3-10-19-17(8-1)23-25-27(19)21-13-15-6-5-7-16(12-15)14-22-28-20-11-4-2-9-18(20)24-26-28;;/h1-11,13-14H;1H;/q-1;;+2/p-1/b21-13+,22-14+;;. The minimum absolute atomic E-state index is 0.796. The van der Waals surface area contributed by atoms with E-state index >= 15 is 0 Å². The van der Waals surface area contributed by atoms with E-state index in [2.05, 4.69) is 46.3 Å². The van der Waals surface area contributed by atoms with Crippen LogP contribution in [-0.4, -0.2) is 42.6 Å². The van der Waals surface area contributed by atoms with Gasteiger partial charge in [-0.3, -0.25) is 0 Å². The molecule has 0 saturated carbocycles. The van der Waals surface area contributed by atoms with Crippen molar-refractivity contribution in [3.05, 3.63) is 83.9 Å². The molecule has 0 aliphatic heterocycles. The van der Waals surface area contributed by atoms with Crippen molar-refractivity contribution >= 4 is 43.9 Å². The molecule has 0 aliphatic carbocycles. The summed E-state index contributed by atoms with van der Waals surface area (Å²) in [6, 6.07) is 24.3. The second-order valence-electron chi connectivity index (χ2n) is 5.99. The molecule has 3 aromatic carbocycles. The fourth-order valence-corrected chi connectivity index (χ4v) is 2.77. The summed E-state index contributed by atoms with van der Waals surface area (Å²) in [5, 5.41) is 25.0. The molecule has 5 rings (SSSR count). The molecule has 30 heavy (non-hydrogen) atoms. The van der Waals surface area contributed by atoms with Crippen molar-refractivity contribution < 1.29 is 18.8 Å². The third-order valence-electron chi connectivity index (χ3n) is 4.12. The minimum Gasteiger partial charge on any atom is -0.197 e. The van der Waals surface area contributed by atoms with Crippen LogP contribution < -0.4 is 0 Å². The Kier molecular flexibility index (Phi) is 6.37. The van der Waals surface area contributed by atoms with E-state index in [9.17, 15) is 0 Å². The summed E-state index contributed by atoms with van der Waals surface area (Å²) in [7, 11) is 4.61. The average molecular weight is 596 g/mol. The molecule has 0 N–H and O–H groups in total. The largest absolute Gasteiger partial charge is 0.197 e. The molecule has 0 fully saturated rings. The second-order valence-corrected chi connectivity index (χ2v) is 5.99. The van der Waals surface area contributed by atoms with Gasteiger partial charge in [-0.05, 0) is 47.1 Å². The van der Waals surface area contributed by atoms with E-state index in [-0.39, 0.29) is 0 Å². The molecule has 0 aliphatic rings. The van der Waals surface area contributed by atoms with E-state index in [4.69, 9.17) is 0 Å². The molecule has 10 heteroatoms. The van der Waals surface area contributed by atoms with Crippen molar-refractivity contribution in [1.82, 2.24) is 30.2 Å². The van der Waals surface area contributed by atoms with Crippen molar-refractivity contribution in [2.75, 3.05) is 0 Å². The van der Waals surface area contributed by atoms with Gasteiger partial charge in [-0.2, -0.15) is 10.2 Å². The van der Waals surface area contributed by atoms with E-state index < -0.39 is 0 Å². The Balaban J connectivity index is 0.00000106. The molecule has 5 aromatic rings. The average Bonchev–Trinajstić information content (AvgIpc) is 3.42. The van der Waals surface area contributed by atoms with Crippen LogP contribution in [0.1, 0.15) is 11.1 Å². The normalized spacial score (nSPS) is 11.4. The molecule has 0 radical (unpaired) electrons. The van der Waals surface area contributed by atoms with Crippen LogP contribution in [0.4, 0.5) is 0 Å². The summed E-state index contributed by atoms with van der Waals surface area (Å²) >= 11 is 1.61. The van der Waals surface area contributed by atoms with E-state index in [1.807, 2.05) is 66.7 Å². The Labute approximate surface area is 186 Å². The van der Waals surface area contributed by atoms with Crippen LogP contribution in [0, 0.1) is 6.07 Å². The smallest absolute Gasteiger partial charge is 0.115 e. The number of aromatic nitrogens is 6. The maximum atomic E-state index is 4.61. The summed E-state index contributed by atoms with van der Waals surface area (Å²) in [6.07, 6.45) is 3.37. The second kappa shape index (κ2) is 9.52. The monoisotopic (exact) mass is 595 g/mol. The van der Waals surface area contributed by atoms with Crippen LogP contribution in [0.5, 0.6) is 0 Å². The maximum absolute atomic E-state index is 4.61. The number of halogens is 1. The molecule has 0 unspecified atom stereocenters. The van der Waals surface area contributed by atoms with Gasteiger partial charge in [0.05, 0.1) is 0 Å². The number of nitrogens with zero attached hydrogens (tertiary/aromatic N) is 8. The van der Waals surface area contributed by atoms with Gasteiger partial charge in [0, 0.05) is 0 Å². The zero-order valence-corrected chi connectivity index (χ0v) is 18.3. The van der Waals surface area contributed by atoms with Crippen LogP contribution >= 0.6 is 9.42 Å². The number of fused-ring (bicyclic) bond motifs is 2. The summed E-state index contributed by atoms with van der Waals surface area (Å²) in [5.74, 6) is 0. The predicted octanol–water partition coefficient (Wildman–Crippen LogP) is 3.43. The number of benzene rings is 3. The van der Waals surface area contributed by atoms with Gasteiger partial charge in [0.15, 0.2) is 0 Å². The molecule has 0 saturated heterocycles. The molecule has 8 nitrogen and oxygen atoms in total. The van der Waals surface area contributed by atoms with E-state index in [0.717, 1.165) is 33.2 Å². The molecular weight excluding hydrogens is 583 g/mol. The quantitative estimate of drug-likeness (QED) is 0.235. The van der Waals surface area contributed by atoms with Gasteiger partial charge in [0.25, 0.3) is 0 Å². The molecule has 150 valence electrons. The number of para-hydroxylation sites is 2. The van der Waals surface area contributed by atoms with Crippen molar-refractivity contribution in [3.8, 4) is 0 Å². The van der Waals surface area contributed by atoms with Gasteiger partial charge in [-0.1, -0.05) is 24.3 Å².